The van der Waals surface area contributed by atoms with Gasteiger partial charge in [-0.25, -0.2) is 4.39 Å². The molecule has 14 heavy (non-hydrogen) atoms. The second-order valence-corrected chi connectivity index (χ2v) is 4.03. The first kappa shape index (κ1) is 7.98. The van der Waals surface area contributed by atoms with Crippen LogP contribution >= 0.6 is 0 Å². The van der Waals surface area contributed by atoms with Crippen LogP contribution in [0.25, 0.3) is 10.8 Å². The lowest BCUT2D eigenvalue weighted by atomic mass is 10.0. The van der Waals surface area contributed by atoms with Gasteiger partial charge in [0.25, 0.3) is 0 Å². The molecule has 0 radical (unpaired) electrons. The molecule has 0 spiro atoms. The number of hydrogen-bond acceptors (Lipinski definition) is 0. The zero-order valence-corrected chi connectivity index (χ0v) is 7.83. The van der Waals surface area contributed by atoms with Crippen molar-refractivity contribution in [3.05, 3.63) is 48.0 Å². The number of fused-ring (bicyclic) bond motifs is 1. The first-order chi connectivity index (χ1) is 6.78. The molecule has 3 rings (SSSR count). The third kappa shape index (κ3) is 1.12. The molecule has 0 nitrogen and oxygen atoms in total. The highest BCUT2D eigenvalue weighted by Gasteiger charge is 2.44. The van der Waals surface area contributed by atoms with Crippen LogP contribution in [0.1, 0.15) is 18.4 Å². The highest BCUT2D eigenvalue weighted by atomic mass is 19.1. The molecule has 1 aliphatic carbocycles. The Labute approximate surface area is 82.4 Å². The van der Waals surface area contributed by atoms with Gasteiger partial charge in [-0.15, -0.1) is 0 Å². The van der Waals surface area contributed by atoms with E-state index in [0.717, 1.165) is 10.9 Å². The van der Waals surface area contributed by atoms with Crippen molar-refractivity contribution in [3.8, 4) is 0 Å². The van der Waals surface area contributed by atoms with Crippen molar-refractivity contribution in [3.63, 3.8) is 0 Å². The van der Waals surface area contributed by atoms with Crippen LogP contribution in [0.15, 0.2) is 42.5 Å². The van der Waals surface area contributed by atoms with E-state index < -0.39 is 5.67 Å². The number of rotatable bonds is 1. The van der Waals surface area contributed by atoms with E-state index in [1.54, 1.807) is 0 Å². The summed E-state index contributed by atoms with van der Waals surface area (Å²) in [5.74, 6) is 0. The summed E-state index contributed by atoms with van der Waals surface area (Å²) in [5.41, 5.74) is -0.166. The summed E-state index contributed by atoms with van der Waals surface area (Å²) < 4.78 is 13.8. The smallest absolute Gasteiger partial charge is 0.136 e. The van der Waals surface area contributed by atoms with Crippen LogP contribution in [0.3, 0.4) is 0 Å². The van der Waals surface area contributed by atoms with Crippen LogP contribution in [0.2, 0.25) is 0 Å². The Balaban J connectivity index is 2.20. The minimum absolute atomic E-state index is 0.686. The molecule has 1 saturated carbocycles. The maximum atomic E-state index is 13.8. The lowest BCUT2D eigenvalue weighted by molar-refractivity contribution is 0.318. The van der Waals surface area contributed by atoms with Crippen molar-refractivity contribution in [2.45, 2.75) is 18.5 Å². The predicted molar refractivity (Wildman–Crippen MR) is 56.0 cm³/mol. The third-order valence-electron chi connectivity index (χ3n) is 2.96. The molecule has 1 fully saturated rings. The van der Waals surface area contributed by atoms with E-state index in [-0.39, 0.29) is 0 Å². The van der Waals surface area contributed by atoms with E-state index in [9.17, 15) is 4.39 Å². The zero-order valence-electron chi connectivity index (χ0n) is 7.83. The fraction of sp³-hybridized carbons (Fsp3) is 0.231. The maximum Gasteiger partial charge on any atom is 0.136 e. The highest BCUT2D eigenvalue weighted by Crippen LogP contribution is 2.49. The van der Waals surface area contributed by atoms with E-state index in [0.29, 0.717) is 12.8 Å². The molecule has 0 aliphatic heterocycles. The summed E-state index contributed by atoms with van der Waals surface area (Å²) in [4.78, 5) is 0. The molecule has 0 aromatic heterocycles. The number of benzene rings is 2. The van der Waals surface area contributed by atoms with E-state index in [4.69, 9.17) is 0 Å². The molecule has 2 aromatic carbocycles. The first-order valence-corrected chi connectivity index (χ1v) is 4.96. The van der Waals surface area contributed by atoms with Gasteiger partial charge in [0.1, 0.15) is 5.67 Å². The summed E-state index contributed by atoms with van der Waals surface area (Å²) in [6, 6.07) is 14.0. The van der Waals surface area contributed by atoms with Gasteiger partial charge in [-0.3, -0.25) is 0 Å². The molecule has 0 heterocycles. The highest BCUT2D eigenvalue weighted by molar-refractivity contribution is 5.83. The summed E-state index contributed by atoms with van der Waals surface area (Å²) in [5, 5.41) is 2.31. The van der Waals surface area contributed by atoms with Gasteiger partial charge in [0.05, 0.1) is 0 Å². The minimum Gasteiger partial charge on any atom is -0.239 e. The summed E-state index contributed by atoms with van der Waals surface area (Å²) in [7, 11) is 0. The molecule has 70 valence electrons. The van der Waals surface area contributed by atoms with Crippen molar-refractivity contribution < 1.29 is 4.39 Å². The van der Waals surface area contributed by atoms with Crippen LogP contribution in [-0.2, 0) is 5.67 Å². The Morgan fingerprint density at radius 3 is 2.36 bits per heavy atom. The molecule has 0 saturated heterocycles. The SMILES string of the molecule is FC1(c2ccc3ccccc3c2)CC1. The molecule has 1 aliphatic rings. The summed E-state index contributed by atoms with van der Waals surface area (Å²) in [6.45, 7) is 0. The van der Waals surface area contributed by atoms with Crippen molar-refractivity contribution in [1.29, 1.82) is 0 Å². The maximum absolute atomic E-state index is 13.8. The number of alkyl halides is 1. The van der Waals surface area contributed by atoms with Gasteiger partial charge in [0.15, 0.2) is 0 Å². The number of hydrogen-bond donors (Lipinski definition) is 0. The van der Waals surface area contributed by atoms with E-state index in [1.807, 2.05) is 36.4 Å². The molecule has 0 unspecified atom stereocenters. The van der Waals surface area contributed by atoms with Gasteiger partial charge in [-0.1, -0.05) is 36.4 Å². The fourth-order valence-electron chi connectivity index (χ4n) is 1.87. The van der Waals surface area contributed by atoms with Crippen molar-refractivity contribution in [2.24, 2.45) is 0 Å². The standard InChI is InChI=1S/C13H11F/c14-13(7-8-13)12-6-5-10-3-1-2-4-11(10)9-12/h1-6,9H,7-8H2. The third-order valence-corrected chi connectivity index (χ3v) is 2.96. The van der Waals surface area contributed by atoms with Gasteiger partial charge in [-0.2, -0.15) is 0 Å². The van der Waals surface area contributed by atoms with Crippen LogP contribution in [0, 0.1) is 0 Å². The molecule has 0 atom stereocenters. The van der Waals surface area contributed by atoms with Gasteiger partial charge in [0, 0.05) is 0 Å². The van der Waals surface area contributed by atoms with Crippen LogP contribution < -0.4 is 0 Å². The van der Waals surface area contributed by atoms with Crippen LogP contribution in [0.5, 0.6) is 0 Å². The topological polar surface area (TPSA) is 0 Å². The van der Waals surface area contributed by atoms with Gasteiger partial charge in [0.2, 0.25) is 0 Å². The molecule has 2 aromatic rings. The zero-order chi connectivity index (χ0) is 9.60. The van der Waals surface area contributed by atoms with Crippen LogP contribution in [-0.4, -0.2) is 0 Å². The van der Waals surface area contributed by atoms with E-state index in [2.05, 4.69) is 6.07 Å². The Kier molecular flexibility index (Phi) is 1.46. The molecular formula is C13H11F. The lowest BCUT2D eigenvalue weighted by Crippen LogP contribution is -1.96. The predicted octanol–water partition coefficient (Wildman–Crippen LogP) is 3.80. The van der Waals surface area contributed by atoms with Gasteiger partial charge in [-0.05, 0) is 35.2 Å². The van der Waals surface area contributed by atoms with Crippen molar-refractivity contribution in [1.82, 2.24) is 0 Å². The monoisotopic (exact) mass is 186 g/mol. The Bertz CT molecular complexity index is 483. The van der Waals surface area contributed by atoms with Gasteiger partial charge < -0.3 is 0 Å². The molecule has 0 bridgehead atoms. The van der Waals surface area contributed by atoms with Crippen LogP contribution in [0.4, 0.5) is 4.39 Å². The fourth-order valence-corrected chi connectivity index (χ4v) is 1.87. The number of halogens is 1. The second-order valence-electron chi connectivity index (χ2n) is 4.03. The van der Waals surface area contributed by atoms with E-state index in [1.165, 1.54) is 5.39 Å². The normalized spacial score (nSPS) is 18.4. The van der Waals surface area contributed by atoms with E-state index >= 15 is 0 Å². The quantitative estimate of drug-likeness (QED) is 0.635. The molecular weight excluding hydrogens is 175 g/mol. The van der Waals surface area contributed by atoms with Gasteiger partial charge >= 0.3 is 0 Å². The first-order valence-electron chi connectivity index (χ1n) is 4.96. The lowest BCUT2D eigenvalue weighted by Gasteiger charge is -2.06. The molecule has 1 heteroatoms. The molecule has 0 amide bonds. The molecule has 0 N–H and O–H groups in total. The van der Waals surface area contributed by atoms with Crippen molar-refractivity contribution >= 4 is 10.8 Å². The minimum atomic E-state index is -1.01. The Hall–Kier alpha value is -1.37. The van der Waals surface area contributed by atoms with Crippen molar-refractivity contribution in [2.75, 3.05) is 0 Å². The average molecular weight is 186 g/mol. The summed E-state index contributed by atoms with van der Waals surface area (Å²) >= 11 is 0. The Morgan fingerprint density at radius 2 is 1.64 bits per heavy atom. The summed E-state index contributed by atoms with van der Waals surface area (Å²) in [6.07, 6.45) is 1.37. The average Bonchev–Trinajstić information content (AvgIpc) is 2.97. The Morgan fingerprint density at radius 1 is 0.929 bits per heavy atom. The second kappa shape index (κ2) is 2.57. The largest absolute Gasteiger partial charge is 0.239 e.